The van der Waals surface area contributed by atoms with E-state index in [2.05, 4.69) is 10.1 Å². The molecule has 0 aliphatic rings. The van der Waals surface area contributed by atoms with Crippen molar-refractivity contribution >= 4 is 17.6 Å². The summed E-state index contributed by atoms with van der Waals surface area (Å²) < 4.78 is 4.61. The zero-order valence-corrected chi connectivity index (χ0v) is 19.7. The fourth-order valence-electron chi connectivity index (χ4n) is 1.53. The average molecular weight is 411 g/mol. The number of anilines is 1. The fourth-order valence-corrected chi connectivity index (χ4v) is 1.53. The Labute approximate surface area is 185 Å². The second-order valence-corrected chi connectivity index (χ2v) is 4.76. The number of nitrogens with one attached hydrogen (secondary N) is 1. The Hall–Kier alpha value is -0.118. The van der Waals surface area contributed by atoms with Gasteiger partial charge in [0.15, 0.2) is 0 Å². The van der Waals surface area contributed by atoms with Crippen molar-refractivity contribution in [2.24, 2.45) is 0 Å². The molecule has 0 fully saturated rings. The van der Waals surface area contributed by atoms with Gasteiger partial charge in [0.1, 0.15) is 5.54 Å². The number of ether oxygens (including phenoxy) is 1. The van der Waals surface area contributed by atoms with Crippen molar-refractivity contribution in [3.63, 3.8) is 0 Å². The minimum atomic E-state index is -1.04. The van der Waals surface area contributed by atoms with E-state index >= 15 is 0 Å². The number of benzene rings is 1. The molecule has 112 valence electrons. The summed E-state index contributed by atoms with van der Waals surface area (Å²) in [6.07, 6.45) is 1.96. The molecule has 1 amide bonds. The number of nitrogen functional groups attached to an aromatic ring is 1. The Bertz CT molecular complexity index is 458. The quantitative estimate of drug-likeness (QED) is 0.353. The van der Waals surface area contributed by atoms with Crippen LogP contribution in [-0.2, 0) is 20.7 Å². The van der Waals surface area contributed by atoms with Crippen LogP contribution in [0.15, 0.2) is 24.3 Å². The summed E-state index contributed by atoms with van der Waals surface area (Å²) in [6, 6.07) is 7.26. The molecule has 1 rings (SSSR count). The van der Waals surface area contributed by atoms with E-state index in [1.807, 2.05) is 12.1 Å². The van der Waals surface area contributed by atoms with Gasteiger partial charge < -0.3 is 34.4 Å². The van der Waals surface area contributed by atoms with Crippen molar-refractivity contribution in [3.05, 3.63) is 43.7 Å². The fraction of sp³-hybridized carbons (Fsp3) is 0.333. The molecule has 0 aliphatic heterocycles. The molecular weight excluding hydrogens is 389 g/mol. The van der Waals surface area contributed by atoms with Crippen molar-refractivity contribution in [3.8, 4) is 0 Å². The molecule has 1 aromatic carbocycles. The first kappa shape index (κ1) is 23.2. The normalized spacial score (nSPS) is 9.67. The second-order valence-electron chi connectivity index (χ2n) is 4.76. The molecule has 0 spiro atoms. The van der Waals surface area contributed by atoms with Gasteiger partial charge in [-0.05, 0) is 26.0 Å². The molecule has 0 heterocycles. The standard InChI is InChI=1S/C14H19N2O3.CH3.Cs/c1-14(2,13(18)19-3)16-12(17)9-6-10-4-7-11(15)8-5-10;;/h4-5,7-9H,6,15H2,1-3H3,(H,16,17);1H3;/q2*-1;+1. The van der Waals surface area contributed by atoms with Crippen LogP contribution in [0.25, 0.3) is 0 Å². The van der Waals surface area contributed by atoms with Crippen LogP contribution in [0.4, 0.5) is 5.69 Å². The third kappa shape index (κ3) is 8.18. The molecule has 0 bridgehead atoms. The van der Waals surface area contributed by atoms with Gasteiger partial charge in [0.05, 0.1) is 13.0 Å². The smallest absolute Gasteiger partial charge is 0.467 e. The summed E-state index contributed by atoms with van der Waals surface area (Å²) in [5.41, 5.74) is 6.19. The number of hydrogen-bond acceptors (Lipinski definition) is 4. The molecule has 6 heteroatoms. The van der Waals surface area contributed by atoms with Crippen LogP contribution in [0.5, 0.6) is 0 Å². The summed E-state index contributed by atoms with van der Waals surface area (Å²) in [5.74, 6) is -0.797. The molecule has 0 aromatic heterocycles. The summed E-state index contributed by atoms with van der Waals surface area (Å²) in [6.45, 7) is 3.18. The van der Waals surface area contributed by atoms with Crippen LogP contribution in [0.1, 0.15) is 19.4 Å². The van der Waals surface area contributed by atoms with Crippen LogP contribution in [0.2, 0.25) is 0 Å². The van der Waals surface area contributed by atoms with Gasteiger partial charge >= 0.3 is 74.9 Å². The maximum absolute atomic E-state index is 11.7. The van der Waals surface area contributed by atoms with Crippen LogP contribution < -0.4 is 79.9 Å². The Morgan fingerprint density at radius 2 is 1.81 bits per heavy atom. The van der Waals surface area contributed by atoms with Gasteiger partial charge in [-0.2, -0.15) is 0 Å². The van der Waals surface area contributed by atoms with Crippen LogP contribution in [0.3, 0.4) is 0 Å². The molecule has 1 aromatic rings. The topological polar surface area (TPSA) is 81.4 Å². The summed E-state index contributed by atoms with van der Waals surface area (Å²) in [4.78, 5) is 23.1. The second kappa shape index (κ2) is 10.6. The van der Waals surface area contributed by atoms with Crippen molar-refractivity contribution in [2.75, 3.05) is 12.8 Å². The monoisotopic (exact) mass is 411 g/mol. The Morgan fingerprint density at radius 1 is 1.29 bits per heavy atom. The van der Waals surface area contributed by atoms with Crippen molar-refractivity contribution in [1.29, 1.82) is 0 Å². The van der Waals surface area contributed by atoms with E-state index in [1.54, 1.807) is 26.0 Å². The molecule has 5 nitrogen and oxygen atoms in total. The maximum atomic E-state index is 11.7. The molecular formula is C15H22CsN2O3-. The van der Waals surface area contributed by atoms with Crippen LogP contribution >= 0.6 is 0 Å². The number of carbonyl (C=O) groups is 2. The molecule has 3 N–H and O–H groups in total. The largest absolute Gasteiger partial charge is 1.00 e. The number of carbonyl (C=O) groups excluding carboxylic acids is 2. The summed E-state index contributed by atoms with van der Waals surface area (Å²) in [7, 11) is 1.29. The molecule has 0 aliphatic carbocycles. The van der Waals surface area contributed by atoms with Crippen molar-refractivity contribution in [2.45, 2.75) is 25.8 Å². The first-order valence-electron chi connectivity index (χ1n) is 5.93. The molecule has 0 unspecified atom stereocenters. The minimum Gasteiger partial charge on any atom is -0.467 e. The van der Waals surface area contributed by atoms with E-state index in [4.69, 9.17) is 5.73 Å². The summed E-state index contributed by atoms with van der Waals surface area (Å²) in [5, 5.41) is 2.59. The van der Waals surface area contributed by atoms with E-state index in [0.717, 1.165) is 5.56 Å². The average Bonchev–Trinajstić information content (AvgIpc) is 2.36. The SMILES string of the molecule is COC(=O)C(C)(C)NC(=O)[CH-]Cc1ccc(N)cc1.[CH3-].[Cs+]. The predicted molar refractivity (Wildman–Crippen MR) is 79.5 cm³/mol. The number of methoxy groups -OCH3 is 1. The number of nitrogens with two attached hydrogens (primary N) is 1. The third-order valence-corrected chi connectivity index (χ3v) is 2.63. The van der Waals surface area contributed by atoms with Gasteiger partial charge in [-0.3, -0.25) is 0 Å². The van der Waals surface area contributed by atoms with Gasteiger partial charge in [-0.25, -0.2) is 4.79 Å². The summed E-state index contributed by atoms with van der Waals surface area (Å²) >= 11 is 0. The van der Waals surface area contributed by atoms with E-state index in [0.29, 0.717) is 12.1 Å². The van der Waals surface area contributed by atoms with Gasteiger partial charge in [0.2, 0.25) is 0 Å². The van der Waals surface area contributed by atoms with E-state index in [9.17, 15) is 9.59 Å². The minimum absolute atomic E-state index is 0. The predicted octanol–water partition coefficient (Wildman–Crippen LogP) is -1.46. The zero-order valence-electron chi connectivity index (χ0n) is 13.4. The first-order chi connectivity index (χ1) is 8.85. The molecule has 0 radical (unpaired) electrons. The third-order valence-electron chi connectivity index (χ3n) is 2.63. The Balaban J connectivity index is 0. The van der Waals surface area contributed by atoms with Gasteiger partial charge in [0.25, 0.3) is 0 Å². The van der Waals surface area contributed by atoms with Crippen LogP contribution in [-0.4, -0.2) is 24.5 Å². The van der Waals surface area contributed by atoms with E-state index in [1.165, 1.54) is 13.5 Å². The van der Waals surface area contributed by atoms with E-state index in [-0.39, 0.29) is 82.2 Å². The zero-order chi connectivity index (χ0) is 14.5. The first-order valence-corrected chi connectivity index (χ1v) is 5.93. The van der Waals surface area contributed by atoms with Crippen molar-refractivity contribution < 1.29 is 83.2 Å². The van der Waals surface area contributed by atoms with Gasteiger partial charge in [0, 0.05) is 5.69 Å². The Kier molecular flexibility index (Phi) is 11.7. The van der Waals surface area contributed by atoms with Gasteiger partial charge in [-0.1, -0.05) is 17.7 Å². The molecule has 0 atom stereocenters. The Morgan fingerprint density at radius 3 is 2.29 bits per heavy atom. The number of esters is 1. The maximum Gasteiger partial charge on any atom is 1.00 e. The number of amides is 1. The molecule has 21 heavy (non-hydrogen) atoms. The van der Waals surface area contributed by atoms with Crippen molar-refractivity contribution in [1.82, 2.24) is 5.32 Å². The van der Waals surface area contributed by atoms with Gasteiger partial charge in [-0.15, -0.1) is 6.42 Å². The number of rotatable bonds is 5. The van der Waals surface area contributed by atoms with Crippen LogP contribution in [0, 0.1) is 13.8 Å². The van der Waals surface area contributed by atoms with E-state index < -0.39 is 11.5 Å². The molecule has 0 saturated heterocycles. The number of hydrogen-bond donors (Lipinski definition) is 2. The molecule has 0 saturated carbocycles.